The fraction of sp³-hybridized carbons (Fsp3) is 0.625. The van der Waals surface area contributed by atoms with E-state index >= 15 is 0 Å². The van der Waals surface area contributed by atoms with Crippen LogP contribution in [0.4, 0.5) is 4.79 Å². The number of urea groups is 1. The molecule has 2 fully saturated rings. The standard InChI is InChI=1S/C24H36N4O5S/c1-15-16(2)18(4)21(19(5)17(15)3)34(32,33)26-13-9-20(29)25-12-8-14-28-22(30)24(27-23(28)31)10-6-7-11-24/h26H,6-14H2,1-5H3,(H,25,29)(H,27,31). The van der Waals surface area contributed by atoms with Gasteiger partial charge in [-0.25, -0.2) is 17.9 Å². The predicted octanol–water partition coefficient (Wildman–Crippen LogP) is 2.27. The summed E-state index contributed by atoms with van der Waals surface area (Å²) < 4.78 is 28.4. The number of amides is 4. The quantitative estimate of drug-likeness (QED) is 0.360. The molecule has 10 heteroatoms. The lowest BCUT2D eigenvalue weighted by atomic mass is 9.95. The van der Waals surface area contributed by atoms with Gasteiger partial charge in [0, 0.05) is 26.1 Å². The highest BCUT2D eigenvalue weighted by Crippen LogP contribution is 2.35. The highest BCUT2D eigenvalue weighted by molar-refractivity contribution is 7.89. The number of nitrogens with one attached hydrogen (secondary N) is 3. The molecule has 0 bridgehead atoms. The molecule has 2 aliphatic rings. The first-order valence-electron chi connectivity index (χ1n) is 11.9. The molecular weight excluding hydrogens is 456 g/mol. The van der Waals surface area contributed by atoms with Crippen molar-refractivity contribution >= 4 is 27.9 Å². The lowest BCUT2D eigenvalue weighted by Crippen LogP contribution is -2.44. The molecule has 1 aromatic carbocycles. The van der Waals surface area contributed by atoms with Crippen LogP contribution in [-0.2, 0) is 19.6 Å². The van der Waals surface area contributed by atoms with Gasteiger partial charge in [-0.1, -0.05) is 12.8 Å². The highest BCUT2D eigenvalue weighted by atomic mass is 32.2. The number of carbonyl (C=O) groups excluding carboxylic acids is 3. The van der Waals surface area contributed by atoms with Crippen LogP contribution in [0, 0.1) is 34.6 Å². The van der Waals surface area contributed by atoms with Crippen LogP contribution in [-0.4, -0.2) is 56.3 Å². The van der Waals surface area contributed by atoms with Crippen molar-refractivity contribution in [2.75, 3.05) is 19.6 Å². The summed E-state index contributed by atoms with van der Waals surface area (Å²) in [6.07, 6.45) is 3.66. The van der Waals surface area contributed by atoms with Crippen LogP contribution < -0.4 is 15.4 Å². The highest BCUT2D eigenvalue weighted by Gasteiger charge is 2.51. The van der Waals surface area contributed by atoms with E-state index in [9.17, 15) is 22.8 Å². The number of hydrogen-bond donors (Lipinski definition) is 3. The molecule has 1 saturated carbocycles. The van der Waals surface area contributed by atoms with E-state index in [1.165, 1.54) is 4.90 Å². The summed E-state index contributed by atoms with van der Waals surface area (Å²) in [6, 6.07) is -0.361. The van der Waals surface area contributed by atoms with Crippen molar-refractivity contribution in [2.45, 2.75) is 83.6 Å². The van der Waals surface area contributed by atoms with Crippen molar-refractivity contribution in [2.24, 2.45) is 0 Å². The SMILES string of the molecule is Cc1c(C)c(C)c(S(=O)(=O)NCCC(=O)NCCCN2C(=O)NC3(CCCC3)C2=O)c(C)c1C. The zero-order chi connectivity index (χ0) is 25.3. The van der Waals surface area contributed by atoms with Crippen molar-refractivity contribution in [3.8, 4) is 0 Å². The number of benzene rings is 1. The summed E-state index contributed by atoms with van der Waals surface area (Å²) in [5, 5.41) is 5.57. The average molecular weight is 493 g/mol. The van der Waals surface area contributed by atoms with E-state index < -0.39 is 15.6 Å². The second-order valence-electron chi connectivity index (χ2n) is 9.48. The lowest BCUT2D eigenvalue weighted by molar-refractivity contribution is -0.131. The lowest BCUT2D eigenvalue weighted by Gasteiger charge is -2.20. The Kier molecular flexibility index (Phi) is 7.72. The van der Waals surface area contributed by atoms with Crippen molar-refractivity contribution in [1.82, 2.24) is 20.3 Å². The Balaban J connectivity index is 1.45. The van der Waals surface area contributed by atoms with E-state index in [0.29, 0.717) is 25.8 Å². The molecule has 3 rings (SSSR count). The van der Waals surface area contributed by atoms with Crippen LogP contribution in [0.3, 0.4) is 0 Å². The zero-order valence-corrected chi connectivity index (χ0v) is 21.6. The van der Waals surface area contributed by atoms with E-state index in [1.807, 2.05) is 20.8 Å². The Morgan fingerprint density at radius 2 is 1.50 bits per heavy atom. The van der Waals surface area contributed by atoms with Gasteiger partial charge in [-0.15, -0.1) is 0 Å². The van der Waals surface area contributed by atoms with Crippen LogP contribution >= 0.6 is 0 Å². The Morgan fingerprint density at radius 1 is 0.941 bits per heavy atom. The Labute approximate surface area is 202 Å². The van der Waals surface area contributed by atoms with E-state index in [2.05, 4.69) is 15.4 Å². The zero-order valence-electron chi connectivity index (χ0n) is 20.8. The normalized spacial score (nSPS) is 17.5. The molecule has 188 valence electrons. The molecule has 1 saturated heterocycles. The molecule has 1 aliphatic carbocycles. The van der Waals surface area contributed by atoms with Crippen LogP contribution in [0.5, 0.6) is 0 Å². The third-order valence-corrected chi connectivity index (χ3v) is 9.16. The number of carbonyl (C=O) groups is 3. The molecular formula is C24H36N4O5S. The molecule has 0 atom stereocenters. The van der Waals surface area contributed by atoms with Crippen molar-refractivity contribution in [1.29, 1.82) is 0 Å². The molecule has 0 aromatic heterocycles. The second kappa shape index (κ2) is 10.0. The maximum atomic E-state index is 12.9. The monoisotopic (exact) mass is 492 g/mol. The number of imide groups is 1. The van der Waals surface area contributed by atoms with Gasteiger partial charge in [0.1, 0.15) is 5.54 Å². The van der Waals surface area contributed by atoms with Gasteiger partial charge in [0.15, 0.2) is 0 Å². The summed E-state index contributed by atoms with van der Waals surface area (Å²) in [7, 11) is -3.76. The number of sulfonamides is 1. The molecule has 34 heavy (non-hydrogen) atoms. The minimum absolute atomic E-state index is 0.00655. The Hall–Kier alpha value is -2.46. The van der Waals surface area contributed by atoms with E-state index in [1.54, 1.807) is 13.8 Å². The van der Waals surface area contributed by atoms with Gasteiger partial charge in [-0.3, -0.25) is 14.5 Å². The first-order valence-corrected chi connectivity index (χ1v) is 13.4. The van der Waals surface area contributed by atoms with Crippen LogP contribution in [0.2, 0.25) is 0 Å². The van der Waals surface area contributed by atoms with Crippen LogP contribution in [0.1, 0.15) is 66.3 Å². The molecule has 9 nitrogen and oxygen atoms in total. The fourth-order valence-corrected chi connectivity index (χ4v) is 6.62. The van der Waals surface area contributed by atoms with E-state index in [4.69, 9.17) is 0 Å². The summed E-state index contributed by atoms with van der Waals surface area (Å²) in [5.74, 6) is -0.459. The Morgan fingerprint density at radius 3 is 2.09 bits per heavy atom. The molecule has 4 amide bonds. The van der Waals surface area contributed by atoms with Crippen molar-refractivity contribution in [3.63, 3.8) is 0 Å². The van der Waals surface area contributed by atoms with E-state index in [-0.39, 0.29) is 42.3 Å². The summed E-state index contributed by atoms with van der Waals surface area (Å²) in [6.45, 7) is 9.93. The Bertz CT molecular complexity index is 1080. The maximum absolute atomic E-state index is 12.9. The third-order valence-electron chi connectivity index (χ3n) is 7.43. The molecule has 1 spiro atoms. The smallest absolute Gasteiger partial charge is 0.325 e. The number of hydrogen-bond acceptors (Lipinski definition) is 5. The van der Waals surface area contributed by atoms with Gasteiger partial charge in [-0.05, 0) is 81.7 Å². The average Bonchev–Trinajstić information content (AvgIpc) is 3.33. The largest absolute Gasteiger partial charge is 0.356 e. The maximum Gasteiger partial charge on any atom is 0.325 e. The minimum atomic E-state index is -3.76. The molecule has 0 unspecified atom stereocenters. The summed E-state index contributed by atoms with van der Waals surface area (Å²) in [5.41, 5.74) is 3.70. The topological polar surface area (TPSA) is 125 Å². The molecule has 3 N–H and O–H groups in total. The van der Waals surface area contributed by atoms with Gasteiger partial charge in [0.2, 0.25) is 15.9 Å². The van der Waals surface area contributed by atoms with Crippen LogP contribution in [0.25, 0.3) is 0 Å². The van der Waals surface area contributed by atoms with Gasteiger partial charge >= 0.3 is 6.03 Å². The van der Waals surface area contributed by atoms with Gasteiger partial charge in [-0.2, -0.15) is 0 Å². The van der Waals surface area contributed by atoms with Gasteiger partial charge < -0.3 is 10.6 Å². The first kappa shape index (κ1) is 26.2. The molecule has 0 radical (unpaired) electrons. The molecule has 1 aromatic rings. The number of rotatable bonds is 9. The summed E-state index contributed by atoms with van der Waals surface area (Å²) in [4.78, 5) is 38.5. The third kappa shape index (κ3) is 4.98. The second-order valence-corrected chi connectivity index (χ2v) is 11.2. The van der Waals surface area contributed by atoms with Gasteiger partial charge in [0.05, 0.1) is 4.90 Å². The van der Waals surface area contributed by atoms with Crippen molar-refractivity contribution in [3.05, 3.63) is 27.8 Å². The van der Waals surface area contributed by atoms with E-state index in [0.717, 1.165) is 40.7 Å². The number of nitrogens with zero attached hydrogens (tertiary/aromatic N) is 1. The molecule has 1 heterocycles. The summed E-state index contributed by atoms with van der Waals surface area (Å²) >= 11 is 0. The first-order chi connectivity index (χ1) is 15.9. The van der Waals surface area contributed by atoms with Gasteiger partial charge in [0.25, 0.3) is 5.91 Å². The molecule has 1 aliphatic heterocycles. The predicted molar refractivity (Wildman–Crippen MR) is 129 cm³/mol. The fourth-order valence-electron chi connectivity index (χ4n) is 4.99. The van der Waals surface area contributed by atoms with Crippen LogP contribution in [0.15, 0.2) is 4.90 Å². The minimum Gasteiger partial charge on any atom is -0.356 e. The van der Waals surface area contributed by atoms with Crippen molar-refractivity contribution < 1.29 is 22.8 Å².